The van der Waals surface area contributed by atoms with Crippen molar-refractivity contribution in [3.8, 4) is 17.6 Å². The quantitative estimate of drug-likeness (QED) is 0.639. The second-order valence-electron chi connectivity index (χ2n) is 4.00. The van der Waals surface area contributed by atoms with Crippen LogP contribution in [0.15, 0.2) is 22.8 Å². The molecule has 2 rings (SSSR count). The molecule has 0 aliphatic carbocycles. The molecule has 0 amide bonds. The van der Waals surface area contributed by atoms with Gasteiger partial charge in [-0.2, -0.15) is 0 Å². The first-order valence-corrected chi connectivity index (χ1v) is 6.30. The zero-order valence-corrected chi connectivity index (χ0v) is 11.5. The van der Waals surface area contributed by atoms with E-state index in [1.54, 1.807) is 0 Å². The van der Waals surface area contributed by atoms with Gasteiger partial charge in [-0.3, -0.25) is 0 Å². The van der Waals surface area contributed by atoms with Crippen molar-refractivity contribution in [2.75, 3.05) is 5.88 Å². The molecule has 5 heteroatoms. The Morgan fingerprint density at radius 3 is 2.79 bits per heavy atom. The van der Waals surface area contributed by atoms with E-state index in [2.05, 4.69) is 26.8 Å². The van der Waals surface area contributed by atoms with Gasteiger partial charge in [-0.25, -0.2) is 4.63 Å². The van der Waals surface area contributed by atoms with E-state index >= 15 is 0 Å². The number of benzene rings is 1. The van der Waals surface area contributed by atoms with Crippen LogP contribution < -0.4 is 4.74 Å². The normalized spacial score (nSPS) is 9.84. The minimum absolute atomic E-state index is 0.329. The van der Waals surface area contributed by atoms with Crippen LogP contribution in [-0.4, -0.2) is 16.2 Å². The van der Waals surface area contributed by atoms with Gasteiger partial charge in [0.25, 0.3) is 0 Å². The van der Waals surface area contributed by atoms with Crippen LogP contribution in [0.4, 0.5) is 0 Å². The fourth-order valence-electron chi connectivity index (χ4n) is 1.55. The van der Waals surface area contributed by atoms with Gasteiger partial charge in [-0.1, -0.05) is 22.2 Å². The molecule has 0 bridgehead atoms. The molecule has 19 heavy (non-hydrogen) atoms. The van der Waals surface area contributed by atoms with E-state index in [9.17, 15) is 0 Å². The molecule has 0 aliphatic heterocycles. The van der Waals surface area contributed by atoms with Crippen molar-refractivity contribution in [1.29, 1.82) is 0 Å². The largest absolute Gasteiger partial charge is 0.487 e. The Labute approximate surface area is 116 Å². The first-order valence-electron chi connectivity index (χ1n) is 5.77. The van der Waals surface area contributed by atoms with E-state index in [1.165, 1.54) is 0 Å². The van der Waals surface area contributed by atoms with E-state index in [4.69, 9.17) is 16.3 Å². The zero-order chi connectivity index (χ0) is 13.7. The van der Waals surface area contributed by atoms with Gasteiger partial charge in [0.05, 0.1) is 5.88 Å². The van der Waals surface area contributed by atoms with Gasteiger partial charge in [-0.15, -0.1) is 11.6 Å². The molecule has 0 unspecified atom stereocenters. The van der Waals surface area contributed by atoms with Gasteiger partial charge < -0.3 is 4.74 Å². The number of aromatic nitrogens is 2. The molecule has 2 aromatic rings. The van der Waals surface area contributed by atoms with Crippen LogP contribution in [0.3, 0.4) is 0 Å². The summed E-state index contributed by atoms with van der Waals surface area (Å²) in [4.78, 5) is 0. The molecule has 0 atom stereocenters. The number of nitrogens with zero attached hydrogens (tertiary/aromatic N) is 2. The number of hydrogen-bond acceptors (Lipinski definition) is 4. The molecular formula is C14H13ClN2O2. The highest BCUT2D eigenvalue weighted by Crippen LogP contribution is 2.20. The SMILES string of the molecule is Cc1cc(C#CCCl)ccc1OCc1nonc1C. The maximum Gasteiger partial charge on any atom is 0.145 e. The van der Waals surface area contributed by atoms with Crippen molar-refractivity contribution in [2.24, 2.45) is 0 Å². The summed E-state index contributed by atoms with van der Waals surface area (Å²) in [5, 5.41) is 7.47. The summed E-state index contributed by atoms with van der Waals surface area (Å²) in [6.07, 6.45) is 0. The van der Waals surface area contributed by atoms with E-state index in [0.29, 0.717) is 18.2 Å². The van der Waals surface area contributed by atoms with Gasteiger partial charge in [0, 0.05) is 5.56 Å². The predicted octanol–water partition coefficient (Wildman–Crippen LogP) is 2.86. The molecule has 1 heterocycles. The second kappa shape index (κ2) is 6.26. The van der Waals surface area contributed by atoms with Crippen molar-refractivity contribution >= 4 is 11.6 Å². The number of aryl methyl sites for hydroxylation is 2. The van der Waals surface area contributed by atoms with Crippen LogP contribution in [0, 0.1) is 25.7 Å². The van der Waals surface area contributed by atoms with Crippen molar-refractivity contribution in [3.63, 3.8) is 0 Å². The molecule has 0 spiro atoms. The highest BCUT2D eigenvalue weighted by Gasteiger charge is 2.07. The van der Waals surface area contributed by atoms with Gasteiger partial charge in [0.1, 0.15) is 23.7 Å². The lowest BCUT2D eigenvalue weighted by Gasteiger charge is -2.07. The summed E-state index contributed by atoms with van der Waals surface area (Å²) in [5.74, 6) is 6.90. The van der Waals surface area contributed by atoms with Crippen LogP contribution in [0.1, 0.15) is 22.5 Å². The molecule has 0 aliphatic rings. The predicted molar refractivity (Wildman–Crippen MR) is 72.1 cm³/mol. The minimum Gasteiger partial charge on any atom is -0.487 e. The lowest BCUT2D eigenvalue weighted by Crippen LogP contribution is -1.99. The fraction of sp³-hybridized carbons (Fsp3) is 0.286. The van der Waals surface area contributed by atoms with Gasteiger partial charge in [0.15, 0.2) is 0 Å². The minimum atomic E-state index is 0.329. The average molecular weight is 277 g/mol. The Morgan fingerprint density at radius 1 is 1.32 bits per heavy atom. The van der Waals surface area contributed by atoms with Crippen molar-refractivity contribution in [2.45, 2.75) is 20.5 Å². The third kappa shape index (κ3) is 3.49. The van der Waals surface area contributed by atoms with Crippen molar-refractivity contribution < 1.29 is 9.37 Å². The van der Waals surface area contributed by atoms with Crippen LogP contribution in [0.2, 0.25) is 0 Å². The highest BCUT2D eigenvalue weighted by atomic mass is 35.5. The lowest BCUT2D eigenvalue weighted by atomic mass is 10.1. The fourth-order valence-corrected chi connectivity index (χ4v) is 1.62. The third-order valence-electron chi connectivity index (χ3n) is 2.59. The molecule has 4 nitrogen and oxygen atoms in total. The smallest absolute Gasteiger partial charge is 0.145 e. The Balaban J connectivity index is 2.07. The summed E-state index contributed by atoms with van der Waals surface area (Å²) in [6, 6.07) is 5.75. The summed E-state index contributed by atoms with van der Waals surface area (Å²) >= 11 is 5.52. The Morgan fingerprint density at radius 2 is 2.16 bits per heavy atom. The van der Waals surface area contributed by atoms with E-state index in [0.717, 1.165) is 22.6 Å². The number of rotatable bonds is 3. The summed E-state index contributed by atoms with van der Waals surface area (Å²) < 4.78 is 10.3. The molecule has 1 aromatic heterocycles. The Hall–Kier alpha value is -1.99. The molecular weight excluding hydrogens is 264 g/mol. The van der Waals surface area contributed by atoms with Gasteiger partial charge in [-0.05, 0) is 37.6 Å². The molecule has 98 valence electrons. The van der Waals surface area contributed by atoms with E-state index in [-0.39, 0.29) is 0 Å². The van der Waals surface area contributed by atoms with Gasteiger partial charge >= 0.3 is 0 Å². The average Bonchev–Trinajstić information content (AvgIpc) is 2.81. The van der Waals surface area contributed by atoms with E-state index < -0.39 is 0 Å². The second-order valence-corrected chi connectivity index (χ2v) is 4.27. The zero-order valence-electron chi connectivity index (χ0n) is 10.7. The lowest BCUT2D eigenvalue weighted by molar-refractivity contribution is 0.269. The third-order valence-corrected chi connectivity index (χ3v) is 2.72. The van der Waals surface area contributed by atoms with E-state index in [1.807, 2.05) is 32.0 Å². The maximum atomic E-state index is 5.68. The number of halogens is 1. The molecule has 1 aromatic carbocycles. The number of alkyl halides is 1. The van der Waals surface area contributed by atoms with Crippen LogP contribution in [-0.2, 0) is 6.61 Å². The first kappa shape index (κ1) is 13.4. The highest BCUT2D eigenvalue weighted by molar-refractivity contribution is 6.19. The standard InChI is InChI=1S/C14H13ClN2O2/c1-10-8-12(4-3-7-15)5-6-14(10)18-9-13-11(2)16-19-17-13/h5-6,8H,7,9H2,1-2H3. The topological polar surface area (TPSA) is 48.2 Å². The monoisotopic (exact) mass is 276 g/mol. The van der Waals surface area contributed by atoms with Crippen LogP contribution >= 0.6 is 11.6 Å². The maximum absolute atomic E-state index is 5.68. The molecule has 0 radical (unpaired) electrons. The van der Waals surface area contributed by atoms with Crippen LogP contribution in [0.25, 0.3) is 0 Å². The van der Waals surface area contributed by atoms with Crippen molar-refractivity contribution in [1.82, 2.24) is 10.3 Å². The summed E-state index contributed by atoms with van der Waals surface area (Å²) in [7, 11) is 0. The molecule has 0 N–H and O–H groups in total. The summed E-state index contributed by atoms with van der Waals surface area (Å²) in [6.45, 7) is 4.13. The molecule has 0 fully saturated rings. The molecule has 0 saturated heterocycles. The van der Waals surface area contributed by atoms with Crippen molar-refractivity contribution in [3.05, 3.63) is 40.7 Å². The number of hydrogen-bond donors (Lipinski definition) is 0. The Bertz CT molecular complexity index is 626. The van der Waals surface area contributed by atoms with Crippen LogP contribution in [0.5, 0.6) is 5.75 Å². The molecule has 0 saturated carbocycles. The Kier molecular flexibility index (Phi) is 4.43. The van der Waals surface area contributed by atoms with Gasteiger partial charge in [0.2, 0.25) is 0 Å². The number of ether oxygens (including phenoxy) is 1. The summed E-state index contributed by atoms with van der Waals surface area (Å²) in [5.41, 5.74) is 3.37. The first-order chi connectivity index (χ1) is 9.20.